The first-order valence-corrected chi connectivity index (χ1v) is 7.86. The highest BCUT2D eigenvalue weighted by molar-refractivity contribution is 6.13. The van der Waals surface area contributed by atoms with E-state index in [4.69, 9.17) is 4.42 Å². The van der Waals surface area contributed by atoms with Gasteiger partial charge < -0.3 is 9.52 Å². The lowest BCUT2D eigenvalue weighted by molar-refractivity contribution is 0.481. The number of phenols is 1. The molecule has 1 aliphatic rings. The average Bonchev–Trinajstić information content (AvgIpc) is 3.03. The number of aromatic hydroxyl groups is 1. The molecule has 0 radical (unpaired) electrons. The van der Waals surface area contributed by atoms with Crippen LogP contribution in [0.4, 0.5) is 0 Å². The lowest BCUT2D eigenvalue weighted by Crippen LogP contribution is -2.14. The maximum Gasteiger partial charge on any atom is 0.143 e. The Hall–Kier alpha value is -2.74. The summed E-state index contributed by atoms with van der Waals surface area (Å²) >= 11 is 0. The minimum Gasteiger partial charge on any atom is -0.507 e. The molecular weight excluding hydrogens is 284 g/mol. The molecule has 0 bridgehead atoms. The summed E-state index contributed by atoms with van der Waals surface area (Å²) in [5.41, 5.74) is 6.57. The molecular formula is C21H16O2. The molecule has 1 heterocycles. The normalized spacial score (nSPS) is 15.0. The van der Waals surface area contributed by atoms with E-state index in [0.29, 0.717) is 0 Å². The van der Waals surface area contributed by atoms with Crippen LogP contribution < -0.4 is 0 Å². The Kier molecular flexibility index (Phi) is 2.20. The van der Waals surface area contributed by atoms with E-state index in [9.17, 15) is 5.11 Å². The third-order valence-corrected chi connectivity index (χ3v) is 5.19. The fraction of sp³-hybridized carbons (Fsp3) is 0.143. The Morgan fingerprint density at radius 1 is 0.870 bits per heavy atom. The van der Waals surface area contributed by atoms with Gasteiger partial charge in [-0.15, -0.1) is 0 Å². The van der Waals surface area contributed by atoms with Gasteiger partial charge in [0, 0.05) is 16.4 Å². The maximum absolute atomic E-state index is 10.2. The highest BCUT2D eigenvalue weighted by Gasteiger charge is 2.37. The Labute approximate surface area is 134 Å². The zero-order chi connectivity index (χ0) is 15.8. The molecule has 0 spiro atoms. The Morgan fingerprint density at radius 2 is 1.70 bits per heavy atom. The number of furan rings is 1. The highest BCUT2D eigenvalue weighted by atomic mass is 16.3. The summed E-state index contributed by atoms with van der Waals surface area (Å²) < 4.78 is 6.17. The number of hydrogen-bond acceptors (Lipinski definition) is 2. The molecule has 1 aliphatic carbocycles. The van der Waals surface area contributed by atoms with Crippen LogP contribution in [-0.2, 0) is 5.41 Å². The van der Waals surface area contributed by atoms with Gasteiger partial charge in [0.2, 0.25) is 0 Å². The molecule has 0 atom stereocenters. The van der Waals surface area contributed by atoms with Crippen molar-refractivity contribution in [3.8, 4) is 16.9 Å². The molecule has 0 saturated carbocycles. The van der Waals surface area contributed by atoms with Gasteiger partial charge in [-0.3, -0.25) is 0 Å². The van der Waals surface area contributed by atoms with Crippen molar-refractivity contribution in [3.05, 3.63) is 65.7 Å². The first-order chi connectivity index (χ1) is 11.1. The molecule has 0 saturated heterocycles. The fourth-order valence-corrected chi connectivity index (χ4v) is 4.05. The van der Waals surface area contributed by atoms with E-state index in [0.717, 1.165) is 21.9 Å². The molecule has 5 rings (SSSR count). The molecule has 0 unspecified atom stereocenters. The largest absolute Gasteiger partial charge is 0.507 e. The van der Waals surface area contributed by atoms with Crippen LogP contribution in [0.1, 0.15) is 25.0 Å². The smallest absolute Gasteiger partial charge is 0.143 e. The minimum absolute atomic E-state index is 0.0405. The van der Waals surface area contributed by atoms with Crippen molar-refractivity contribution in [3.63, 3.8) is 0 Å². The first-order valence-electron chi connectivity index (χ1n) is 7.86. The van der Waals surface area contributed by atoms with Crippen LogP contribution in [0, 0.1) is 0 Å². The van der Waals surface area contributed by atoms with Gasteiger partial charge in [-0.1, -0.05) is 50.2 Å². The van der Waals surface area contributed by atoms with Crippen LogP contribution in [0.2, 0.25) is 0 Å². The molecule has 2 heteroatoms. The van der Waals surface area contributed by atoms with Gasteiger partial charge in [0.05, 0.1) is 5.39 Å². The third-order valence-electron chi connectivity index (χ3n) is 5.19. The summed E-state index contributed by atoms with van der Waals surface area (Å²) in [6.45, 7) is 4.51. The van der Waals surface area contributed by atoms with Crippen molar-refractivity contribution in [2.24, 2.45) is 0 Å². The van der Waals surface area contributed by atoms with Crippen molar-refractivity contribution >= 4 is 21.9 Å². The van der Waals surface area contributed by atoms with Crippen LogP contribution in [0.5, 0.6) is 5.75 Å². The first kappa shape index (κ1) is 12.8. The van der Waals surface area contributed by atoms with E-state index in [-0.39, 0.29) is 11.2 Å². The van der Waals surface area contributed by atoms with Crippen molar-refractivity contribution in [1.29, 1.82) is 0 Å². The molecule has 1 N–H and O–H groups in total. The van der Waals surface area contributed by atoms with E-state index < -0.39 is 0 Å². The second-order valence-electron chi connectivity index (χ2n) is 6.79. The van der Waals surface area contributed by atoms with Gasteiger partial charge in [0.1, 0.15) is 16.9 Å². The quantitative estimate of drug-likeness (QED) is 0.458. The van der Waals surface area contributed by atoms with Crippen molar-refractivity contribution in [2.75, 3.05) is 0 Å². The maximum atomic E-state index is 10.2. The molecule has 1 aromatic heterocycles. The van der Waals surface area contributed by atoms with Gasteiger partial charge in [0.15, 0.2) is 0 Å². The molecule has 2 nitrogen and oxygen atoms in total. The summed E-state index contributed by atoms with van der Waals surface area (Å²) in [4.78, 5) is 0. The minimum atomic E-state index is -0.0405. The van der Waals surface area contributed by atoms with Crippen molar-refractivity contribution in [1.82, 2.24) is 0 Å². The molecule has 23 heavy (non-hydrogen) atoms. The molecule has 3 aromatic carbocycles. The Morgan fingerprint density at radius 3 is 2.57 bits per heavy atom. The van der Waals surface area contributed by atoms with E-state index >= 15 is 0 Å². The van der Waals surface area contributed by atoms with E-state index in [1.807, 2.05) is 12.1 Å². The lowest BCUT2D eigenvalue weighted by atomic mass is 9.82. The van der Waals surface area contributed by atoms with Gasteiger partial charge in [-0.2, -0.15) is 0 Å². The van der Waals surface area contributed by atoms with E-state index in [2.05, 4.69) is 50.2 Å². The number of hydrogen-bond donors (Lipinski definition) is 1. The number of benzene rings is 3. The molecule has 112 valence electrons. The predicted molar refractivity (Wildman–Crippen MR) is 92.9 cm³/mol. The van der Waals surface area contributed by atoms with Crippen molar-refractivity contribution in [2.45, 2.75) is 19.3 Å². The Balaban J connectivity index is 2.02. The van der Waals surface area contributed by atoms with Gasteiger partial charge in [-0.05, 0) is 34.9 Å². The van der Waals surface area contributed by atoms with Crippen LogP contribution in [-0.4, -0.2) is 5.11 Å². The van der Waals surface area contributed by atoms with Crippen LogP contribution >= 0.6 is 0 Å². The predicted octanol–water partition coefficient (Wildman–Crippen LogP) is 5.60. The second kappa shape index (κ2) is 3.96. The molecule has 4 aromatic rings. The molecule has 0 aliphatic heterocycles. The standard InChI is InChI=1S/C21H16O2/c1-21(2)14-7-4-3-6-12(14)18-15(21)11-10-13-19-16(22)8-5-9-17(19)23-20(13)18/h3-11,22H,1-2H3. The third kappa shape index (κ3) is 1.43. The van der Waals surface area contributed by atoms with Gasteiger partial charge >= 0.3 is 0 Å². The van der Waals surface area contributed by atoms with E-state index in [1.165, 1.54) is 22.3 Å². The monoisotopic (exact) mass is 300 g/mol. The summed E-state index contributed by atoms with van der Waals surface area (Å²) in [7, 11) is 0. The summed E-state index contributed by atoms with van der Waals surface area (Å²) in [5, 5.41) is 12.0. The fourth-order valence-electron chi connectivity index (χ4n) is 4.05. The Bertz CT molecular complexity index is 1100. The van der Waals surface area contributed by atoms with Crippen LogP contribution in [0.25, 0.3) is 33.1 Å². The summed E-state index contributed by atoms with van der Waals surface area (Å²) in [5.74, 6) is 0.270. The zero-order valence-electron chi connectivity index (χ0n) is 13.1. The van der Waals surface area contributed by atoms with E-state index in [1.54, 1.807) is 6.07 Å². The second-order valence-corrected chi connectivity index (χ2v) is 6.79. The van der Waals surface area contributed by atoms with Gasteiger partial charge in [0.25, 0.3) is 0 Å². The number of fused-ring (bicyclic) bond motifs is 7. The lowest BCUT2D eigenvalue weighted by Gasteiger charge is -2.21. The molecule has 0 amide bonds. The van der Waals surface area contributed by atoms with Crippen molar-refractivity contribution < 1.29 is 9.52 Å². The SMILES string of the molecule is CC1(C)c2ccccc2-c2c1ccc1c2oc2cccc(O)c21. The molecule has 0 fully saturated rings. The van der Waals surface area contributed by atoms with Crippen LogP contribution in [0.15, 0.2) is 59.0 Å². The topological polar surface area (TPSA) is 33.4 Å². The number of rotatable bonds is 0. The van der Waals surface area contributed by atoms with Crippen LogP contribution in [0.3, 0.4) is 0 Å². The summed E-state index contributed by atoms with van der Waals surface area (Å²) in [6, 6.07) is 18.2. The average molecular weight is 300 g/mol. The zero-order valence-corrected chi connectivity index (χ0v) is 13.1. The summed E-state index contributed by atoms with van der Waals surface area (Å²) in [6.07, 6.45) is 0. The number of phenolic OH excluding ortho intramolecular Hbond substituents is 1. The van der Waals surface area contributed by atoms with Gasteiger partial charge in [-0.25, -0.2) is 0 Å². The highest BCUT2D eigenvalue weighted by Crippen LogP contribution is 2.52.